The van der Waals surface area contributed by atoms with Gasteiger partial charge in [0.15, 0.2) is 5.82 Å². The summed E-state index contributed by atoms with van der Waals surface area (Å²) in [5.41, 5.74) is 2.58. The van der Waals surface area contributed by atoms with Crippen molar-refractivity contribution < 1.29 is 0 Å². The molecule has 1 unspecified atom stereocenters. The molecule has 0 fully saturated rings. The summed E-state index contributed by atoms with van der Waals surface area (Å²) in [4.78, 5) is 1.32. The van der Waals surface area contributed by atoms with E-state index in [9.17, 15) is 5.26 Å². The average Bonchev–Trinajstić information content (AvgIpc) is 2.99. The molecule has 0 spiro atoms. The molecule has 0 aliphatic heterocycles. The number of hydrogen-bond acceptors (Lipinski definition) is 5. The quantitative estimate of drug-likeness (QED) is 0.885. The largest absolute Gasteiger partial charge is 0.365 e. The minimum Gasteiger partial charge on any atom is -0.365 e. The zero-order chi connectivity index (χ0) is 15.2. The Morgan fingerprint density at radius 2 is 2.14 bits per heavy atom. The van der Waals surface area contributed by atoms with Crippen molar-refractivity contribution in [2.75, 3.05) is 5.32 Å². The van der Waals surface area contributed by atoms with Crippen LogP contribution in [0.15, 0.2) is 17.5 Å². The van der Waals surface area contributed by atoms with Crippen molar-refractivity contribution in [2.24, 2.45) is 0 Å². The summed E-state index contributed by atoms with van der Waals surface area (Å²) in [5, 5.41) is 23.4. The summed E-state index contributed by atoms with van der Waals surface area (Å²) in [7, 11) is 0. The van der Waals surface area contributed by atoms with E-state index in [0.29, 0.717) is 11.4 Å². The fraction of sp³-hybridized carbons (Fsp3) is 0.438. The highest BCUT2D eigenvalue weighted by molar-refractivity contribution is 7.09. The minimum atomic E-state index is 0.210. The van der Waals surface area contributed by atoms with Crippen LogP contribution in [0.5, 0.6) is 0 Å². The van der Waals surface area contributed by atoms with Gasteiger partial charge in [0.2, 0.25) is 0 Å². The van der Waals surface area contributed by atoms with Gasteiger partial charge >= 0.3 is 0 Å². The van der Waals surface area contributed by atoms with Gasteiger partial charge < -0.3 is 5.32 Å². The standard InChI is InChI=1S/C16H20N4S/c1-4-13-14(10-17)16(20-19-15(13)5-2)18-11(3)9-12-7-6-8-21-12/h6-8,11H,4-5,9H2,1-3H3,(H,18,20). The van der Waals surface area contributed by atoms with Crippen LogP contribution in [-0.2, 0) is 19.3 Å². The summed E-state index contributed by atoms with van der Waals surface area (Å²) < 4.78 is 0. The van der Waals surface area contributed by atoms with Crippen molar-refractivity contribution in [1.29, 1.82) is 5.26 Å². The monoisotopic (exact) mass is 300 g/mol. The molecule has 0 aromatic carbocycles. The van der Waals surface area contributed by atoms with Gasteiger partial charge in [-0.1, -0.05) is 19.9 Å². The number of aromatic nitrogens is 2. The number of rotatable bonds is 6. The van der Waals surface area contributed by atoms with Gasteiger partial charge in [-0.25, -0.2) is 0 Å². The Bertz CT molecular complexity index is 628. The highest BCUT2D eigenvalue weighted by atomic mass is 32.1. The van der Waals surface area contributed by atoms with Crippen LogP contribution in [0.4, 0.5) is 5.82 Å². The second kappa shape index (κ2) is 7.19. The molecule has 4 nitrogen and oxygen atoms in total. The van der Waals surface area contributed by atoms with Crippen LogP contribution in [-0.4, -0.2) is 16.2 Å². The molecule has 0 amide bonds. The van der Waals surface area contributed by atoms with Gasteiger partial charge in [0.1, 0.15) is 11.6 Å². The molecule has 0 saturated carbocycles. The van der Waals surface area contributed by atoms with Crippen molar-refractivity contribution in [3.05, 3.63) is 39.2 Å². The molecular formula is C16H20N4S. The van der Waals surface area contributed by atoms with Crippen molar-refractivity contribution in [2.45, 2.75) is 46.1 Å². The highest BCUT2D eigenvalue weighted by Crippen LogP contribution is 2.21. The molecule has 2 rings (SSSR count). The van der Waals surface area contributed by atoms with Crippen LogP contribution in [0.2, 0.25) is 0 Å². The number of thiophene rings is 1. The average molecular weight is 300 g/mol. The second-order valence-electron chi connectivity index (χ2n) is 5.00. The molecule has 0 aliphatic rings. The Morgan fingerprint density at radius 1 is 1.33 bits per heavy atom. The first kappa shape index (κ1) is 15.5. The molecule has 1 atom stereocenters. The van der Waals surface area contributed by atoms with Gasteiger partial charge in [0, 0.05) is 17.3 Å². The van der Waals surface area contributed by atoms with E-state index in [4.69, 9.17) is 0 Å². The Balaban J connectivity index is 2.21. The lowest BCUT2D eigenvalue weighted by atomic mass is 10.0. The molecule has 0 radical (unpaired) electrons. The lowest BCUT2D eigenvalue weighted by Crippen LogP contribution is -2.20. The van der Waals surface area contributed by atoms with Crippen LogP contribution < -0.4 is 5.32 Å². The number of nitrogens with one attached hydrogen (secondary N) is 1. The Morgan fingerprint density at radius 3 is 2.71 bits per heavy atom. The van der Waals surface area contributed by atoms with E-state index < -0.39 is 0 Å². The second-order valence-corrected chi connectivity index (χ2v) is 6.03. The van der Waals surface area contributed by atoms with Crippen LogP contribution in [0, 0.1) is 11.3 Å². The molecule has 0 aliphatic carbocycles. The zero-order valence-electron chi connectivity index (χ0n) is 12.7. The normalized spacial score (nSPS) is 11.9. The van der Waals surface area contributed by atoms with Crippen LogP contribution in [0.3, 0.4) is 0 Å². The van der Waals surface area contributed by atoms with Crippen molar-refractivity contribution in [3.8, 4) is 6.07 Å². The van der Waals surface area contributed by atoms with Crippen LogP contribution >= 0.6 is 11.3 Å². The lowest BCUT2D eigenvalue weighted by Gasteiger charge is -2.16. The molecule has 5 heteroatoms. The fourth-order valence-electron chi connectivity index (χ4n) is 2.41. The SMILES string of the molecule is CCc1nnc(NC(C)Cc2cccs2)c(C#N)c1CC. The molecule has 2 heterocycles. The van der Waals surface area contributed by atoms with E-state index in [1.165, 1.54) is 4.88 Å². The Labute approximate surface area is 129 Å². The maximum Gasteiger partial charge on any atom is 0.167 e. The van der Waals surface area contributed by atoms with Crippen molar-refractivity contribution in [3.63, 3.8) is 0 Å². The first-order valence-electron chi connectivity index (χ1n) is 7.27. The van der Waals surface area contributed by atoms with Gasteiger partial charge in [-0.05, 0) is 36.8 Å². The smallest absolute Gasteiger partial charge is 0.167 e. The Kier molecular flexibility index (Phi) is 5.29. The van der Waals surface area contributed by atoms with Gasteiger partial charge in [0.05, 0.1) is 5.69 Å². The van der Waals surface area contributed by atoms with Gasteiger partial charge in [-0.3, -0.25) is 0 Å². The molecule has 2 aromatic rings. The number of hydrogen-bond donors (Lipinski definition) is 1. The van der Waals surface area contributed by atoms with E-state index in [2.05, 4.69) is 52.9 Å². The van der Waals surface area contributed by atoms with Crippen LogP contribution in [0.1, 0.15) is 42.5 Å². The third-order valence-electron chi connectivity index (χ3n) is 3.43. The fourth-order valence-corrected chi connectivity index (χ4v) is 3.24. The molecule has 2 aromatic heterocycles. The zero-order valence-corrected chi connectivity index (χ0v) is 13.5. The molecule has 0 bridgehead atoms. The van der Waals surface area contributed by atoms with E-state index in [-0.39, 0.29) is 6.04 Å². The predicted octanol–water partition coefficient (Wildman–Crippen LogP) is 3.58. The maximum absolute atomic E-state index is 9.46. The highest BCUT2D eigenvalue weighted by Gasteiger charge is 2.16. The summed E-state index contributed by atoms with van der Waals surface area (Å²) >= 11 is 1.74. The van der Waals surface area contributed by atoms with E-state index in [0.717, 1.165) is 30.5 Å². The van der Waals surface area contributed by atoms with Crippen LogP contribution in [0.25, 0.3) is 0 Å². The molecule has 0 saturated heterocycles. The molecule has 110 valence electrons. The van der Waals surface area contributed by atoms with Gasteiger partial charge in [0.25, 0.3) is 0 Å². The van der Waals surface area contributed by atoms with E-state index in [1.807, 2.05) is 6.92 Å². The summed E-state index contributed by atoms with van der Waals surface area (Å²) in [6.07, 6.45) is 2.52. The Hall–Kier alpha value is -1.93. The molecule has 1 N–H and O–H groups in total. The first-order chi connectivity index (χ1) is 10.2. The lowest BCUT2D eigenvalue weighted by molar-refractivity contribution is 0.778. The predicted molar refractivity (Wildman–Crippen MR) is 86.6 cm³/mol. The van der Waals surface area contributed by atoms with E-state index >= 15 is 0 Å². The van der Waals surface area contributed by atoms with Gasteiger partial charge in [-0.2, -0.15) is 10.4 Å². The van der Waals surface area contributed by atoms with E-state index in [1.54, 1.807) is 11.3 Å². The number of aryl methyl sites for hydroxylation is 1. The summed E-state index contributed by atoms with van der Waals surface area (Å²) in [6, 6.07) is 6.68. The van der Waals surface area contributed by atoms with Gasteiger partial charge in [-0.15, -0.1) is 16.4 Å². The minimum absolute atomic E-state index is 0.210. The third-order valence-corrected chi connectivity index (χ3v) is 4.33. The maximum atomic E-state index is 9.46. The summed E-state index contributed by atoms with van der Waals surface area (Å²) in [5.74, 6) is 0.607. The number of anilines is 1. The number of nitriles is 1. The van der Waals surface area contributed by atoms with Crippen molar-refractivity contribution in [1.82, 2.24) is 10.2 Å². The topological polar surface area (TPSA) is 61.6 Å². The molecular weight excluding hydrogens is 280 g/mol. The summed E-state index contributed by atoms with van der Waals surface area (Å²) in [6.45, 7) is 6.19. The first-order valence-corrected chi connectivity index (χ1v) is 8.14. The van der Waals surface area contributed by atoms with Crippen molar-refractivity contribution >= 4 is 17.2 Å². The number of nitrogens with zero attached hydrogens (tertiary/aromatic N) is 3. The third kappa shape index (κ3) is 3.59. The molecule has 21 heavy (non-hydrogen) atoms.